The summed E-state index contributed by atoms with van der Waals surface area (Å²) in [5.41, 5.74) is 2.00. The number of carboxylic acids is 1. The number of carbonyl (C=O) groups is 1. The third-order valence-corrected chi connectivity index (χ3v) is 3.63. The second-order valence-corrected chi connectivity index (χ2v) is 4.90. The van der Waals surface area contributed by atoms with Gasteiger partial charge in [0.2, 0.25) is 0 Å². The summed E-state index contributed by atoms with van der Waals surface area (Å²) in [7, 11) is 0. The van der Waals surface area contributed by atoms with Crippen molar-refractivity contribution in [3.63, 3.8) is 0 Å². The van der Waals surface area contributed by atoms with E-state index in [1.54, 1.807) is 24.5 Å². The molecule has 1 fully saturated rings. The minimum absolute atomic E-state index is 0.297. The van der Waals surface area contributed by atoms with Crippen LogP contribution in [-0.2, 0) is 11.3 Å². The molecule has 3 rings (SSSR count). The van der Waals surface area contributed by atoms with Crippen molar-refractivity contribution in [2.75, 3.05) is 32.8 Å². The minimum atomic E-state index is -0.909. The number of imidazole rings is 1. The molecule has 6 nitrogen and oxygen atoms in total. The van der Waals surface area contributed by atoms with Crippen molar-refractivity contribution in [1.29, 1.82) is 0 Å². The summed E-state index contributed by atoms with van der Waals surface area (Å²) in [5, 5.41) is 9.05. The number of aromatic carboxylic acids is 1. The van der Waals surface area contributed by atoms with Crippen LogP contribution >= 0.6 is 0 Å². The fourth-order valence-electron chi connectivity index (χ4n) is 2.44. The maximum absolute atomic E-state index is 11.0. The molecule has 1 aromatic carbocycles. The van der Waals surface area contributed by atoms with Gasteiger partial charge in [-0.05, 0) is 18.2 Å². The third-order valence-electron chi connectivity index (χ3n) is 3.63. The van der Waals surface area contributed by atoms with E-state index in [0.29, 0.717) is 5.56 Å². The molecule has 1 aliphatic rings. The molecular weight excluding hydrogens is 258 g/mol. The van der Waals surface area contributed by atoms with Crippen LogP contribution in [0, 0.1) is 0 Å². The fourth-order valence-corrected chi connectivity index (χ4v) is 2.44. The normalized spacial score (nSPS) is 16.6. The molecular formula is C14H17N3O3. The van der Waals surface area contributed by atoms with Crippen LogP contribution in [0.1, 0.15) is 10.4 Å². The highest BCUT2D eigenvalue weighted by molar-refractivity contribution is 5.92. The van der Waals surface area contributed by atoms with E-state index in [1.165, 1.54) is 0 Å². The monoisotopic (exact) mass is 275 g/mol. The van der Waals surface area contributed by atoms with Crippen LogP contribution in [0.2, 0.25) is 0 Å². The molecule has 1 aromatic heterocycles. The zero-order chi connectivity index (χ0) is 13.9. The van der Waals surface area contributed by atoms with Gasteiger partial charge in [-0.15, -0.1) is 0 Å². The lowest BCUT2D eigenvalue weighted by Gasteiger charge is -2.26. The van der Waals surface area contributed by atoms with Crippen molar-refractivity contribution >= 4 is 17.0 Å². The Morgan fingerprint density at radius 1 is 1.30 bits per heavy atom. The van der Waals surface area contributed by atoms with Crippen LogP contribution in [0.3, 0.4) is 0 Å². The number of hydrogen-bond acceptors (Lipinski definition) is 4. The van der Waals surface area contributed by atoms with E-state index in [0.717, 1.165) is 50.4 Å². The quantitative estimate of drug-likeness (QED) is 0.904. The molecule has 0 spiro atoms. The van der Waals surface area contributed by atoms with Gasteiger partial charge in [0.1, 0.15) is 0 Å². The van der Waals surface area contributed by atoms with Crippen molar-refractivity contribution in [2.45, 2.75) is 6.54 Å². The number of fused-ring (bicyclic) bond motifs is 1. The largest absolute Gasteiger partial charge is 0.478 e. The third kappa shape index (κ3) is 2.66. The minimum Gasteiger partial charge on any atom is -0.478 e. The van der Waals surface area contributed by atoms with Gasteiger partial charge < -0.3 is 14.4 Å². The van der Waals surface area contributed by atoms with Crippen LogP contribution in [-0.4, -0.2) is 58.4 Å². The second-order valence-electron chi connectivity index (χ2n) is 4.90. The Kier molecular flexibility index (Phi) is 3.66. The number of nitrogens with zero attached hydrogens (tertiary/aromatic N) is 3. The van der Waals surface area contributed by atoms with Gasteiger partial charge >= 0.3 is 5.97 Å². The molecule has 0 radical (unpaired) electrons. The van der Waals surface area contributed by atoms with Crippen molar-refractivity contribution in [2.24, 2.45) is 0 Å². The Morgan fingerprint density at radius 3 is 2.85 bits per heavy atom. The molecule has 6 heteroatoms. The highest BCUT2D eigenvalue weighted by Crippen LogP contribution is 2.15. The van der Waals surface area contributed by atoms with Gasteiger partial charge in [0.05, 0.1) is 36.1 Å². The molecule has 0 saturated carbocycles. The average Bonchev–Trinajstić information content (AvgIpc) is 2.88. The molecule has 1 aliphatic heterocycles. The van der Waals surface area contributed by atoms with E-state index in [-0.39, 0.29) is 0 Å². The van der Waals surface area contributed by atoms with Crippen LogP contribution in [0.25, 0.3) is 11.0 Å². The molecule has 106 valence electrons. The van der Waals surface area contributed by atoms with Crippen molar-refractivity contribution in [3.8, 4) is 0 Å². The Bertz CT molecular complexity index is 617. The molecule has 2 heterocycles. The summed E-state index contributed by atoms with van der Waals surface area (Å²) >= 11 is 0. The van der Waals surface area contributed by atoms with Gasteiger partial charge in [0.25, 0.3) is 0 Å². The highest BCUT2D eigenvalue weighted by atomic mass is 16.5. The topological polar surface area (TPSA) is 67.6 Å². The Balaban J connectivity index is 1.76. The molecule has 2 aromatic rings. The number of carboxylic acid groups (broad SMARTS) is 1. The maximum atomic E-state index is 11.0. The van der Waals surface area contributed by atoms with Crippen molar-refractivity contribution in [1.82, 2.24) is 14.5 Å². The first kappa shape index (κ1) is 13.1. The summed E-state index contributed by atoms with van der Waals surface area (Å²) < 4.78 is 7.33. The van der Waals surface area contributed by atoms with Gasteiger partial charge in [-0.25, -0.2) is 9.78 Å². The zero-order valence-electron chi connectivity index (χ0n) is 11.2. The smallest absolute Gasteiger partial charge is 0.335 e. The van der Waals surface area contributed by atoms with E-state index >= 15 is 0 Å². The first-order valence-electron chi connectivity index (χ1n) is 6.72. The maximum Gasteiger partial charge on any atom is 0.335 e. The number of aromatic nitrogens is 2. The van der Waals surface area contributed by atoms with E-state index in [4.69, 9.17) is 9.84 Å². The molecule has 0 bridgehead atoms. The van der Waals surface area contributed by atoms with Crippen molar-refractivity contribution < 1.29 is 14.6 Å². The van der Waals surface area contributed by atoms with Crippen molar-refractivity contribution in [3.05, 3.63) is 30.1 Å². The molecule has 0 unspecified atom stereocenters. The van der Waals surface area contributed by atoms with Gasteiger partial charge in [-0.1, -0.05) is 0 Å². The van der Waals surface area contributed by atoms with E-state index in [1.807, 2.05) is 4.57 Å². The standard InChI is InChI=1S/C14H17N3O3/c18-14(19)11-1-2-12-13(9-11)17(10-15-12)4-3-16-5-7-20-8-6-16/h1-2,9-10H,3-8H2,(H,18,19). The lowest BCUT2D eigenvalue weighted by atomic mass is 10.2. The number of morpholine rings is 1. The summed E-state index contributed by atoms with van der Waals surface area (Å²) in [6, 6.07) is 5.03. The van der Waals surface area contributed by atoms with Crippen LogP contribution in [0.5, 0.6) is 0 Å². The summed E-state index contributed by atoms with van der Waals surface area (Å²) in [5.74, 6) is -0.909. The summed E-state index contributed by atoms with van der Waals surface area (Å²) in [4.78, 5) is 17.7. The molecule has 0 amide bonds. The van der Waals surface area contributed by atoms with Crippen LogP contribution in [0.4, 0.5) is 0 Å². The van der Waals surface area contributed by atoms with Gasteiger partial charge in [-0.3, -0.25) is 4.90 Å². The van der Waals surface area contributed by atoms with E-state index < -0.39 is 5.97 Å². The lowest BCUT2D eigenvalue weighted by molar-refractivity contribution is 0.0365. The molecule has 0 aliphatic carbocycles. The number of ether oxygens (including phenoxy) is 1. The SMILES string of the molecule is O=C(O)c1ccc2ncn(CCN3CCOCC3)c2c1. The first-order valence-corrected chi connectivity index (χ1v) is 6.72. The fraction of sp³-hybridized carbons (Fsp3) is 0.429. The van der Waals surface area contributed by atoms with E-state index in [2.05, 4.69) is 9.88 Å². The van der Waals surface area contributed by atoms with Gasteiger partial charge in [0, 0.05) is 26.2 Å². The van der Waals surface area contributed by atoms with Crippen LogP contribution < -0.4 is 0 Å². The van der Waals surface area contributed by atoms with Gasteiger partial charge in [-0.2, -0.15) is 0 Å². The predicted molar refractivity (Wildman–Crippen MR) is 74.0 cm³/mol. The first-order chi connectivity index (χ1) is 9.74. The Hall–Kier alpha value is -1.92. The Morgan fingerprint density at radius 2 is 2.10 bits per heavy atom. The Labute approximate surface area is 116 Å². The number of hydrogen-bond donors (Lipinski definition) is 1. The lowest BCUT2D eigenvalue weighted by Crippen LogP contribution is -2.38. The molecule has 0 atom stereocenters. The molecule has 20 heavy (non-hydrogen) atoms. The van der Waals surface area contributed by atoms with Gasteiger partial charge in [0.15, 0.2) is 0 Å². The zero-order valence-corrected chi connectivity index (χ0v) is 11.2. The predicted octanol–water partition coefficient (Wildman–Crippen LogP) is 1.07. The average molecular weight is 275 g/mol. The highest BCUT2D eigenvalue weighted by Gasteiger charge is 2.12. The summed E-state index contributed by atoms with van der Waals surface area (Å²) in [6.45, 7) is 5.20. The second kappa shape index (κ2) is 5.60. The molecule has 1 N–H and O–H groups in total. The molecule has 1 saturated heterocycles. The van der Waals surface area contributed by atoms with Crippen LogP contribution in [0.15, 0.2) is 24.5 Å². The number of rotatable bonds is 4. The van der Waals surface area contributed by atoms with E-state index in [9.17, 15) is 4.79 Å². The summed E-state index contributed by atoms with van der Waals surface area (Å²) in [6.07, 6.45) is 1.77. The number of benzene rings is 1.